The highest BCUT2D eigenvalue weighted by atomic mass is 32.1. The maximum atomic E-state index is 4.20. The van der Waals surface area contributed by atoms with Crippen molar-refractivity contribution in [1.82, 2.24) is 9.97 Å². The quantitative estimate of drug-likeness (QED) is 0.653. The van der Waals surface area contributed by atoms with Crippen molar-refractivity contribution in [2.75, 3.05) is 0 Å². The first-order chi connectivity index (χ1) is 8.36. The van der Waals surface area contributed by atoms with E-state index in [1.165, 1.54) is 5.56 Å². The number of benzene rings is 1. The first-order valence-corrected chi connectivity index (χ1v) is 7.03. The molecular weight excluding hydrogens is 248 g/mol. The lowest BCUT2D eigenvalue weighted by atomic mass is 10.2. The van der Waals surface area contributed by atoms with Crippen LogP contribution in [0.5, 0.6) is 0 Å². The summed E-state index contributed by atoms with van der Waals surface area (Å²) in [6.07, 6.45) is 0. The van der Waals surface area contributed by atoms with Gasteiger partial charge in [0.1, 0.15) is 0 Å². The normalized spacial score (nSPS) is 9.47. The number of rotatable bonds is 1. The molecule has 4 heteroatoms. The lowest BCUT2D eigenvalue weighted by Gasteiger charge is -1.92. The van der Waals surface area contributed by atoms with Crippen molar-refractivity contribution >= 4 is 22.7 Å². The third kappa shape index (κ3) is 3.76. The minimum atomic E-state index is 1.07. The van der Waals surface area contributed by atoms with Crippen LogP contribution in [0.15, 0.2) is 52.1 Å². The summed E-state index contributed by atoms with van der Waals surface area (Å²) in [5.41, 5.74) is 7.04. The largest absolute Gasteiger partial charge is 0.250 e. The van der Waals surface area contributed by atoms with Crippen LogP contribution in [0.1, 0.15) is 5.69 Å². The number of nitrogens with zero attached hydrogens (tertiary/aromatic N) is 2. The van der Waals surface area contributed by atoms with E-state index in [-0.39, 0.29) is 0 Å². The third-order valence-electron chi connectivity index (χ3n) is 2.06. The van der Waals surface area contributed by atoms with Crippen LogP contribution in [-0.2, 0) is 0 Å². The molecule has 3 aromatic rings. The zero-order chi connectivity index (χ0) is 11.9. The molecule has 0 N–H and O–H groups in total. The van der Waals surface area contributed by atoms with Crippen molar-refractivity contribution in [2.45, 2.75) is 6.92 Å². The minimum Gasteiger partial charge on any atom is -0.250 e. The highest BCUT2D eigenvalue weighted by Gasteiger charge is 1.95. The molecule has 0 unspecified atom stereocenters. The van der Waals surface area contributed by atoms with Gasteiger partial charge in [-0.15, -0.1) is 22.7 Å². The van der Waals surface area contributed by atoms with Crippen molar-refractivity contribution in [3.8, 4) is 11.3 Å². The van der Waals surface area contributed by atoms with E-state index in [2.05, 4.69) is 27.5 Å². The van der Waals surface area contributed by atoms with Gasteiger partial charge in [-0.05, 0) is 6.92 Å². The summed E-state index contributed by atoms with van der Waals surface area (Å²) in [6, 6.07) is 10.2. The van der Waals surface area contributed by atoms with Crippen LogP contribution in [0.3, 0.4) is 0 Å². The molecule has 17 heavy (non-hydrogen) atoms. The van der Waals surface area contributed by atoms with E-state index in [4.69, 9.17) is 0 Å². The molecule has 0 saturated carbocycles. The Morgan fingerprint density at radius 1 is 0.882 bits per heavy atom. The second kappa shape index (κ2) is 6.27. The van der Waals surface area contributed by atoms with Crippen LogP contribution in [0, 0.1) is 6.92 Å². The van der Waals surface area contributed by atoms with E-state index in [1.807, 2.05) is 41.5 Å². The van der Waals surface area contributed by atoms with Gasteiger partial charge in [0, 0.05) is 22.0 Å². The molecule has 0 saturated heterocycles. The summed E-state index contributed by atoms with van der Waals surface area (Å²) in [7, 11) is 0. The predicted octanol–water partition coefficient (Wildman–Crippen LogP) is 4.26. The van der Waals surface area contributed by atoms with Gasteiger partial charge < -0.3 is 0 Å². The molecule has 0 aliphatic rings. The average molecular weight is 260 g/mol. The molecule has 0 aliphatic heterocycles. The van der Waals surface area contributed by atoms with Crippen molar-refractivity contribution in [3.05, 3.63) is 57.8 Å². The second-order valence-corrected chi connectivity index (χ2v) is 4.81. The Balaban J connectivity index is 0.000000153. The first kappa shape index (κ1) is 12.0. The van der Waals surface area contributed by atoms with Crippen LogP contribution in [0.25, 0.3) is 11.3 Å². The number of hydrogen-bond acceptors (Lipinski definition) is 4. The van der Waals surface area contributed by atoms with Crippen LogP contribution in [0.2, 0.25) is 0 Å². The first-order valence-electron chi connectivity index (χ1n) is 5.14. The molecule has 2 aromatic heterocycles. The van der Waals surface area contributed by atoms with E-state index in [0.717, 1.165) is 11.4 Å². The summed E-state index contributed by atoms with van der Waals surface area (Å²) >= 11 is 3.25. The highest BCUT2D eigenvalue weighted by molar-refractivity contribution is 7.08. The van der Waals surface area contributed by atoms with Gasteiger partial charge in [0.25, 0.3) is 0 Å². The molecule has 2 heterocycles. The lowest BCUT2D eigenvalue weighted by Crippen LogP contribution is -1.73. The van der Waals surface area contributed by atoms with Crippen LogP contribution < -0.4 is 0 Å². The molecule has 0 spiro atoms. The Morgan fingerprint density at radius 2 is 1.59 bits per heavy atom. The van der Waals surface area contributed by atoms with E-state index in [1.54, 1.807) is 22.7 Å². The molecule has 1 aromatic carbocycles. The topological polar surface area (TPSA) is 25.8 Å². The van der Waals surface area contributed by atoms with Crippen LogP contribution in [-0.4, -0.2) is 9.97 Å². The Morgan fingerprint density at radius 3 is 2.06 bits per heavy atom. The summed E-state index contributed by atoms with van der Waals surface area (Å²) in [5, 5.41) is 4.06. The van der Waals surface area contributed by atoms with E-state index in [0.29, 0.717) is 0 Å². The second-order valence-electron chi connectivity index (χ2n) is 3.37. The van der Waals surface area contributed by atoms with Gasteiger partial charge in [0.05, 0.1) is 16.7 Å². The summed E-state index contributed by atoms with van der Waals surface area (Å²) < 4.78 is 0. The zero-order valence-electron chi connectivity index (χ0n) is 9.41. The fourth-order valence-corrected chi connectivity index (χ4v) is 2.34. The van der Waals surface area contributed by atoms with Gasteiger partial charge in [0.15, 0.2) is 0 Å². The van der Waals surface area contributed by atoms with E-state index >= 15 is 0 Å². The number of thiazole rings is 2. The standard InChI is InChI=1S/C9H7NS.C4H5NS/c1-2-4-8(5-3-1)9-6-11-7-10-9;1-4-2-6-3-5-4/h1-7H;2-3H,1H3. The van der Waals surface area contributed by atoms with E-state index in [9.17, 15) is 0 Å². The Labute approximate surface area is 109 Å². The number of aryl methyl sites for hydroxylation is 1. The molecule has 0 bridgehead atoms. The van der Waals surface area contributed by atoms with Crippen molar-refractivity contribution in [2.24, 2.45) is 0 Å². The molecule has 0 amide bonds. The molecular formula is C13H12N2S2. The van der Waals surface area contributed by atoms with Gasteiger partial charge in [-0.25, -0.2) is 4.98 Å². The smallest absolute Gasteiger partial charge is 0.0811 e. The molecule has 0 atom stereocenters. The molecule has 86 valence electrons. The fraction of sp³-hybridized carbons (Fsp3) is 0.0769. The summed E-state index contributed by atoms with van der Waals surface area (Å²) in [4.78, 5) is 8.14. The zero-order valence-corrected chi connectivity index (χ0v) is 11.0. The molecule has 0 radical (unpaired) electrons. The SMILES string of the molecule is Cc1cscn1.c1ccc(-c2cscn2)cc1. The van der Waals surface area contributed by atoms with Crippen LogP contribution in [0.4, 0.5) is 0 Å². The Bertz CT molecular complexity index is 516. The molecule has 3 rings (SSSR count). The average Bonchev–Trinajstić information content (AvgIpc) is 3.03. The predicted molar refractivity (Wildman–Crippen MR) is 74.4 cm³/mol. The third-order valence-corrected chi connectivity index (χ3v) is 3.35. The minimum absolute atomic E-state index is 1.07. The summed E-state index contributed by atoms with van der Waals surface area (Å²) in [5.74, 6) is 0. The maximum absolute atomic E-state index is 4.20. The molecule has 0 aliphatic carbocycles. The van der Waals surface area contributed by atoms with Crippen molar-refractivity contribution < 1.29 is 0 Å². The molecule has 2 nitrogen and oxygen atoms in total. The van der Waals surface area contributed by atoms with E-state index < -0.39 is 0 Å². The Kier molecular flexibility index (Phi) is 4.41. The monoisotopic (exact) mass is 260 g/mol. The fourth-order valence-electron chi connectivity index (χ4n) is 1.24. The van der Waals surface area contributed by atoms with Gasteiger partial charge in [-0.2, -0.15) is 0 Å². The van der Waals surface area contributed by atoms with Crippen molar-refractivity contribution in [1.29, 1.82) is 0 Å². The maximum Gasteiger partial charge on any atom is 0.0811 e. The summed E-state index contributed by atoms with van der Waals surface area (Å²) in [6.45, 7) is 1.98. The van der Waals surface area contributed by atoms with Gasteiger partial charge in [-0.3, -0.25) is 4.98 Å². The van der Waals surface area contributed by atoms with Crippen LogP contribution >= 0.6 is 22.7 Å². The van der Waals surface area contributed by atoms with Gasteiger partial charge in [0.2, 0.25) is 0 Å². The Hall–Kier alpha value is -1.52. The number of hydrogen-bond donors (Lipinski definition) is 0. The van der Waals surface area contributed by atoms with Crippen molar-refractivity contribution in [3.63, 3.8) is 0 Å². The van der Waals surface area contributed by atoms with Gasteiger partial charge >= 0.3 is 0 Å². The number of aromatic nitrogens is 2. The highest BCUT2D eigenvalue weighted by Crippen LogP contribution is 2.17. The lowest BCUT2D eigenvalue weighted by molar-refractivity contribution is 1.27. The van der Waals surface area contributed by atoms with Gasteiger partial charge in [-0.1, -0.05) is 30.3 Å². The molecule has 0 fully saturated rings.